The number of rotatable bonds is 34. The normalized spacial score (nSPS) is 14.5. The molecule has 0 heterocycles. The number of carboxylic acids is 1. The number of carboxylic acid groups (broad SMARTS) is 1. The van der Waals surface area contributed by atoms with Crippen molar-refractivity contribution in [3.63, 3.8) is 0 Å². The first kappa shape index (κ1) is 47.4. The van der Waals surface area contributed by atoms with Crippen molar-refractivity contribution in [1.29, 1.82) is 0 Å². The van der Waals surface area contributed by atoms with E-state index in [4.69, 9.17) is 24.8 Å². The van der Waals surface area contributed by atoms with E-state index < -0.39 is 51.1 Å². The quantitative estimate of drug-likeness (QED) is 0.0250. The topological polar surface area (TPSA) is 172 Å². The molecule has 12 heteroatoms. The van der Waals surface area contributed by atoms with Gasteiger partial charge in [-0.15, -0.1) is 0 Å². The molecule has 0 aromatic carbocycles. The zero-order valence-electron chi connectivity index (χ0n) is 30.7. The molecule has 0 bridgehead atoms. The van der Waals surface area contributed by atoms with Crippen LogP contribution in [-0.4, -0.2) is 59.9 Å². The summed E-state index contributed by atoms with van der Waals surface area (Å²) in [5, 5.41) is 8.85. The Kier molecular flexibility index (Phi) is 31.9. The van der Waals surface area contributed by atoms with Crippen LogP contribution in [0.5, 0.6) is 0 Å². The molecule has 0 saturated carbocycles. The second kappa shape index (κ2) is 33.6. The fourth-order valence-corrected chi connectivity index (χ4v) is 5.33. The summed E-state index contributed by atoms with van der Waals surface area (Å²) < 4.78 is 32.5. The smallest absolute Gasteiger partial charge is 0.472 e. The third-order valence-corrected chi connectivity index (χ3v) is 8.46. The van der Waals surface area contributed by atoms with Gasteiger partial charge in [0.15, 0.2) is 6.10 Å². The number of nitrogens with two attached hydrogens (primary N) is 1. The molecule has 0 fully saturated rings. The van der Waals surface area contributed by atoms with Crippen molar-refractivity contribution in [1.82, 2.24) is 0 Å². The van der Waals surface area contributed by atoms with Crippen LogP contribution in [0.3, 0.4) is 0 Å². The van der Waals surface area contributed by atoms with Gasteiger partial charge in [-0.1, -0.05) is 114 Å². The van der Waals surface area contributed by atoms with Crippen molar-refractivity contribution in [3.8, 4) is 0 Å². The number of aliphatic carboxylic acids is 1. The number of hydrogen-bond acceptors (Lipinski definition) is 9. The molecule has 3 atom stereocenters. The van der Waals surface area contributed by atoms with E-state index in [2.05, 4.69) is 67.0 Å². The summed E-state index contributed by atoms with van der Waals surface area (Å²) in [7, 11) is -4.72. The van der Waals surface area contributed by atoms with Gasteiger partial charge in [0, 0.05) is 12.8 Å². The van der Waals surface area contributed by atoms with Crippen molar-refractivity contribution in [2.24, 2.45) is 5.73 Å². The lowest BCUT2D eigenvalue weighted by Crippen LogP contribution is -2.34. The maximum Gasteiger partial charge on any atom is 0.472 e. The lowest BCUT2D eigenvalue weighted by Gasteiger charge is -2.20. The minimum absolute atomic E-state index is 0.140. The van der Waals surface area contributed by atoms with Gasteiger partial charge in [-0.3, -0.25) is 23.4 Å². The van der Waals surface area contributed by atoms with E-state index in [9.17, 15) is 23.8 Å². The summed E-state index contributed by atoms with van der Waals surface area (Å²) in [5.74, 6) is -2.42. The fourth-order valence-electron chi connectivity index (χ4n) is 4.55. The minimum Gasteiger partial charge on any atom is -0.480 e. The Bertz CT molecular complexity index is 1040. The van der Waals surface area contributed by atoms with Crippen LogP contribution in [0.2, 0.25) is 0 Å². The first-order chi connectivity index (χ1) is 24.1. The molecule has 0 spiro atoms. The number of carbonyl (C=O) groups is 3. The van der Waals surface area contributed by atoms with E-state index in [1.165, 1.54) is 6.42 Å². The molecule has 0 aliphatic heterocycles. The molecule has 50 heavy (non-hydrogen) atoms. The second-order valence-corrected chi connectivity index (χ2v) is 13.8. The van der Waals surface area contributed by atoms with Crippen LogP contribution >= 0.6 is 7.82 Å². The highest BCUT2D eigenvalue weighted by Gasteiger charge is 2.28. The molecule has 0 amide bonds. The molecule has 0 aliphatic carbocycles. The molecule has 0 rings (SSSR count). The van der Waals surface area contributed by atoms with Gasteiger partial charge < -0.3 is 25.2 Å². The lowest BCUT2D eigenvalue weighted by atomic mass is 10.1. The maximum absolute atomic E-state index is 12.5. The number of carbonyl (C=O) groups excluding carboxylic acids is 2. The number of esters is 2. The molecule has 288 valence electrons. The summed E-state index contributed by atoms with van der Waals surface area (Å²) in [6.45, 7) is 2.61. The van der Waals surface area contributed by atoms with E-state index in [1.807, 2.05) is 0 Å². The summed E-state index contributed by atoms with van der Waals surface area (Å²) in [4.78, 5) is 45.7. The SMILES string of the molecule is CCC/C=C\C/C=C\CCCCCCCC(=O)OCC(COP(=O)(O)OCC(N)C(=O)O)OC(=O)CCCCCCC/C=C\C/C=C\CCC. The second-order valence-electron chi connectivity index (χ2n) is 12.3. The van der Waals surface area contributed by atoms with Crippen LogP contribution in [0.1, 0.15) is 142 Å². The lowest BCUT2D eigenvalue weighted by molar-refractivity contribution is -0.161. The van der Waals surface area contributed by atoms with E-state index in [0.717, 1.165) is 96.3 Å². The van der Waals surface area contributed by atoms with Gasteiger partial charge in [0.1, 0.15) is 12.6 Å². The van der Waals surface area contributed by atoms with Crippen LogP contribution < -0.4 is 5.73 Å². The Morgan fingerprint density at radius 1 is 0.620 bits per heavy atom. The molecule has 3 unspecified atom stereocenters. The van der Waals surface area contributed by atoms with Gasteiger partial charge in [0.2, 0.25) is 0 Å². The Labute approximate surface area is 301 Å². The van der Waals surface area contributed by atoms with Crippen molar-refractivity contribution < 1.29 is 47.5 Å². The predicted molar refractivity (Wildman–Crippen MR) is 198 cm³/mol. The van der Waals surface area contributed by atoms with Crippen LogP contribution in [0.25, 0.3) is 0 Å². The number of phosphoric ester groups is 1. The predicted octanol–water partition coefficient (Wildman–Crippen LogP) is 9.05. The highest BCUT2D eigenvalue weighted by atomic mass is 31.2. The molecule has 11 nitrogen and oxygen atoms in total. The standard InChI is InChI=1S/C38H66NO10P/c1-3-5-7-9-11-13-15-17-19-21-23-25-27-29-36(40)46-31-34(32-47-50(44,45)48-33-35(39)38(42)43)49-37(41)30-28-26-24-22-20-18-16-14-12-10-8-6-4-2/h7-10,13-16,34-35H,3-6,11-12,17-33,39H2,1-2H3,(H,42,43)(H,44,45)/b9-7-,10-8-,15-13-,16-14-. The molecule has 0 aliphatic rings. The highest BCUT2D eigenvalue weighted by molar-refractivity contribution is 7.47. The number of ether oxygens (including phenoxy) is 2. The van der Waals surface area contributed by atoms with Gasteiger partial charge in [0.05, 0.1) is 13.2 Å². The molecule has 4 N–H and O–H groups in total. The maximum atomic E-state index is 12.5. The average molecular weight is 728 g/mol. The molecular weight excluding hydrogens is 661 g/mol. The van der Waals surface area contributed by atoms with E-state index >= 15 is 0 Å². The molecule has 0 aromatic rings. The molecular formula is C38H66NO10P. The van der Waals surface area contributed by atoms with Crippen molar-refractivity contribution in [3.05, 3.63) is 48.6 Å². The number of hydrogen-bond donors (Lipinski definition) is 3. The van der Waals surface area contributed by atoms with Gasteiger partial charge in [-0.2, -0.15) is 0 Å². The van der Waals surface area contributed by atoms with E-state index in [-0.39, 0.29) is 19.4 Å². The highest BCUT2D eigenvalue weighted by Crippen LogP contribution is 2.43. The Hall–Kier alpha value is -2.56. The Balaban J connectivity index is 4.51. The summed E-state index contributed by atoms with van der Waals surface area (Å²) in [5.41, 5.74) is 5.31. The largest absolute Gasteiger partial charge is 0.480 e. The van der Waals surface area contributed by atoms with E-state index in [0.29, 0.717) is 12.8 Å². The van der Waals surface area contributed by atoms with Crippen LogP contribution in [0, 0.1) is 0 Å². The molecule has 0 radical (unpaired) electrons. The van der Waals surface area contributed by atoms with Crippen molar-refractivity contribution in [2.45, 2.75) is 154 Å². The van der Waals surface area contributed by atoms with E-state index in [1.54, 1.807) is 0 Å². The third-order valence-electron chi connectivity index (χ3n) is 7.51. The minimum atomic E-state index is -4.72. The van der Waals surface area contributed by atoms with Gasteiger partial charge >= 0.3 is 25.7 Å². The Morgan fingerprint density at radius 2 is 1.06 bits per heavy atom. The molecule has 0 saturated heterocycles. The first-order valence-corrected chi connectivity index (χ1v) is 20.2. The zero-order valence-corrected chi connectivity index (χ0v) is 31.6. The zero-order chi connectivity index (χ0) is 37.1. The average Bonchev–Trinajstić information content (AvgIpc) is 3.09. The monoisotopic (exact) mass is 727 g/mol. The van der Waals surface area contributed by atoms with Crippen LogP contribution in [0.15, 0.2) is 48.6 Å². The van der Waals surface area contributed by atoms with Gasteiger partial charge in [0.25, 0.3) is 0 Å². The Morgan fingerprint density at radius 3 is 1.56 bits per heavy atom. The van der Waals surface area contributed by atoms with Crippen LogP contribution in [0.4, 0.5) is 0 Å². The van der Waals surface area contributed by atoms with Crippen molar-refractivity contribution >= 4 is 25.7 Å². The summed E-state index contributed by atoms with van der Waals surface area (Å²) in [6, 6.07) is -1.53. The summed E-state index contributed by atoms with van der Waals surface area (Å²) in [6.07, 6.45) is 34.7. The number of allylic oxidation sites excluding steroid dienone is 8. The van der Waals surface area contributed by atoms with Crippen LogP contribution in [-0.2, 0) is 37.5 Å². The summed E-state index contributed by atoms with van der Waals surface area (Å²) >= 11 is 0. The number of phosphoric acid groups is 1. The fraction of sp³-hybridized carbons (Fsp3) is 0.711. The first-order valence-electron chi connectivity index (χ1n) is 18.7. The van der Waals surface area contributed by atoms with Crippen molar-refractivity contribution in [2.75, 3.05) is 19.8 Å². The van der Waals surface area contributed by atoms with Gasteiger partial charge in [-0.25, -0.2) is 4.57 Å². The third kappa shape index (κ3) is 32.6. The number of unbranched alkanes of at least 4 members (excludes halogenated alkanes) is 12. The van der Waals surface area contributed by atoms with Gasteiger partial charge in [-0.05, 0) is 64.2 Å². The molecule has 0 aromatic heterocycles.